The van der Waals surface area contributed by atoms with Gasteiger partial charge in [0.15, 0.2) is 0 Å². The second-order valence-corrected chi connectivity index (χ2v) is 9.83. The topological polar surface area (TPSA) is 83.1 Å². The van der Waals surface area contributed by atoms with Crippen LogP contribution in [0.4, 0.5) is 17.3 Å². The molecule has 1 aromatic carbocycles. The van der Waals surface area contributed by atoms with Crippen LogP contribution in [-0.4, -0.2) is 84.2 Å². The van der Waals surface area contributed by atoms with Crippen LogP contribution in [0.5, 0.6) is 5.75 Å². The van der Waals surface area contributed by atoms with Crippen molar-refractivity contribution in [2.24, 2.45) is 0 Å². The minimum absolute atomic E-state index is 0.0397. The number of hydrogen-bond acceptors (Lipinski definition) is 8. The van der Waals surface area contributed by atoms with Crippen molar-refractivity contribution in [1.82, 2.24) is 19.8 Å². The number of fused-ring (bicyclic) bond motifs is 2. The summed E-state index contributed by atoms with van der Waals surface area (Å²) < 4.78 is 11.8. The van der Waals surface area contributed by atoms with Gasteiger partial charge in [-0.25, -0.2) is 9.97 Å². The van der Waals surface area contributed by atoms with Gasteiger partial charge in [-0.2, -0.15) is 0 Å². The first-order valence-corrected chi connectivity index (χ1v) is 12.5. The van der Waals surface area contributed by atoms with Crippen LogP contribution in [-0.2, 0) is 16.1 Å². The van der Waals surface area contributed by atoms with Gasteiger partial charge < -0.3 is 24.6 Å². The van der Waals surface area contributed by atoms with E-state index in [1.807, 2.05) is 4.90 Å². The third kappa shape index (κ3) is 4.12. The molecule has 1 N–H and O–H groups in total. The number of nitrogens with one attached hydrogen (secondary N) is 1. The number of morpholine rings is 1. The second-order valence-electron chi connectivity index (χ2n) is 9.83. The Hall–Kier alpha value is -3.17. The molecule has 0 bridgehead atoms. The molecule has 0 saturated carbocycles. The fraction of sp³-hybridized carbons (Fsp3) is 0.500. The zero-order valence-electron chi connectivity index (χ0n) is 20.2. The van der Waals surface area contributed by atoms with E-state index in [-0.39, 0.29) is 5.91 Å². The van der Waals surface area contributed by atoms with E-state index < -0.39 is 0 Å². The molecule has 1 unspecified atom stereocenters. The van der Waals surface area contributed by atoms with Gasteiger partial charge in [0.25, 0.3) is 0 Å². The summed E-state index contributed by atoms with van der Waals surface area (Å²) in [6, 6.07) is 4.92. The summed E-state index contributed by atoms with van der Waals surface area (Å²) in [6.45, 7) is 12.9. The largest absolute Gasteiger partial charge is 0.486 e. The minimum atomic E-state index is 0.0397. The molecule has 9 nitrogen and oxygen atoms in total. The molecular formula is C26H32N6O3. The molecule has 0 radical (unpaired) electrons. The molecule has 4 aliphatic heterocycles. The van der Waals surface area contributed by atoms with Gasteiger partial charge in [-0.05, 0) is 36.6 Å². The smallest absolute Gasteiger partial charge is 0.246 e. The number of likely N-dealkylation sites (tertiary alicyclic amines) is 2. The number of aromatic nitrogens is 2. The Morgan fingerprint density at radius 2 is 2.00 bits per heavy atom. The Bertz CT molecular complexity index is 1140. The van der Waals surface area contributed by atoms with Gasteiger partial charge in [0.2, 0.25) is 5.91 Å². The molecule has 3 saturated heterocycles. The second kappa shape index (κ2) is 9.13. The summed E-state index contributed by atoms with van der Waals surface area (Å²) in [4.78, 5) is 27.7. The summed E-state index contributed by atoms with van der Waals surface area (Å²) in [5.74, 6) is 3.13. The lowest BCUT2D eigenvalue weighted by molar-refractivity contribution is -0.125. The Balaban J connectivity index is 1.18. The van der Waals surface area contributed by atoms with Crippen molar-refractivity contribution in [2.75, 3.05) is 62.7 Å². The molecule has 0 aliphatic carbocycles. The predicted molar refractivity (Wildman–Crippen MR) is 133 cm³/mol. The molecular weight excluding hydrogens is 444 g/mol. The fourth-order valence-electron chi connectivity index (χ4n) is 5.68. The highest BCUT2D eigenvalue weighted by molar-refractivity contribution is 5.87. The van der Waals surface area contributed by atoms with Crippen molar-refractivity contribution in [3.8, 4) is 5.75 Å². The maximum absolute atomic E-state index is 11.9. The number of carbonyl (C=O) groups excluding carboxylic acids is 1. The van der Waals surface area contributed by atoms with Crippen LogP contribution in [0.3, 0.4) is 0 Å². The van der Waals surface area contributed by atoms with Crippen LogP contribution in [0.25, 0.3) is 0 Å². The lowest BCUT2D eigenvalue weighted by Gasteiger charge is -2.43. The highest BCUT2D eigenvalue weighted by atomic mass is 16.5. The minimum Gasteiger partial charge on any atom is -0.486 e. The van der Waals surface area contributed by atoms with Gasteiger partial charge in [0, 0.05) is 51.2 Å². The zero-order valence-corrected chi connectivity index (χ0v) is 20.2. The van der Waals surface area contributed by atoms with Gasteiger partial charge in [0.1, 0.15) is 30.3 Å². The Morgan fingerprint density at radius 1 is 1.17 bits per heavy atom. The van der Waals surface area contributed by atoms with E-state index in [9.17, 15) is 4.79 Å². The normalized spacial score (nSPS) is 22.4. The maximum atomic E-state index is 11.9. The third-order valence-corrected chi connectivity index (χ3v) is 7.69. The number of rotatable bonds is 4. The number of amides is 1. The van der Waals surface area contributed by atoms with E-state index in [0.29, 0.717) is 31.8 Å². The molecule has 3 fully saturated rings. The molecule has 184 valence electrons. The van der Waals surface area contributed by atoms with Crippen molar-refractivity contribution < 1.29 is 14.3 Å². The van der Waals surface area contributed by atoms with E-state index in [1.54, 1.807) is 6.33 Å². The average Bonchev–Trinajstić information content (AvgIpc) is 3.24. The molecule has 6 rings (SSSR count). The van der Waals surface area contributed by atoms with Gasteiger partial charge in [-0.15, -0.1) is 0 Å². The summed E-state index contributed by atoms with van der Waals surface area (Å²) in [6.07, 6.45) is 4.08. The monoisotopic (exact) mass is 476 g/mol. The lowest BCUT2D eigenvalue weighted by Crippen LogP contribution is -2.51. The molecule has 1 atom stereocenters. The first-order chi connectivity index (χ1) is 17.1. The van der Waals surface area contributed by atoms with Crippen LogP contribution in [0.2, 0.25) is 0 Å². The van der Waals surface area contributed by atoms with Crippen molar-refractivity contribution in [3.05, 3.63) is 47.8 Å². The Morgan fingerprint density at radius 3 is 2.80 bits per heavy atom. The summed E-state index contributed by atoms with van der Waals surface area (Å²) in [7, 11) is 0. The number of ether oxygens (including phenoxy) is 2. The summed E-state index contributed by atoms with van der Waals surface area (Å²) in [5.41, 5.74) is 4.39. The van der Waals surface area contributed by atoms with Crippen molar-refractivity contribution in [1.29, 1.82) is 0 Å². The van der Waals surface area contributed by atoms with Gasteiger partial charge in [-0.1, -0.05) is 12.6 Å². The maximum Gasteiger partial charge on any atom is 0.246 e. The fourth-order valence-corrected chi connectivity index (χ4v) is 5.68. The number of aryl methyl sites for hydroxylation is 1. The van der Waals surface area contributed by atoms with E-state index in [2.05, 4.69) is 50.7 Å². The van der Waals surface area contributed by atoms with Crippen LogP contribution >= 0.6 is 0 Å². The van der Waals surface area contributed by atoms with Gasteiger partial charge in [-0.3, -0.25) is 9.69 Å². The highest BCUT2D eigenvalue weighted by Gasteiger charge is 2.38. The van der Waals surface area contributed by atoms with E-state index in [4.69, 9.17) is 9.47 Å². The molecule has 9 heteroatoms. The summed E-state index contributed by atoms with van der Waals surface area (Å²) in [5, 5.41) is 3.56. The predicted octanol–water partition coefficient (Wildman–Crippen LogP) is 2.44. The number of hydrogen-bond donors (Lipinski definition) is 1. The quantitative estimate of drug-likeness (QED) is 0.674. The van der Waals surface area contributed by atoms with Crippen LogP contribution in [0, 0.1) is 6.92 Å². The molecule has 2 aromatic rings. The number of benzene rings is 1. The SMILES string of the molecule is C=CC(=O)N1CCC(N2CC(c3cc(C)c4c(c3)Nc3ncnc(N5CCOCC5)c3CO4)C2)C1. The molecule has 1 amide bonds. The van der Waals surface area contributed by atoms with Crippen LogP contribution in [0.1, 0.15) is 29.0 Å². The van der Waals surface area contributed by atoms with Crippen molar-refractivity contribution in [3.63, 3.8) is 0 Å². The Kier molecular flexibility index (Phi) is 5.82. The number of carbonyl (C=O) groups is 1. The number of anilines is 3. The molecule has 35 heavy (non-hydrogen) atoms. The molecule has 5 heterocycles. The van der Waals surface area contributed by atoms with E-state index in [1.165, 1.54) is 11.6 Å². The highest BCUT2D eigenvalue weighted by Crippen LogP contribution is 2.41. The summed E-state index contributed by atoms with van der Waals surface area (Å²) >= 11 is 0. The molecule has 4 aliphatic rings. The molecule has 0 spiro atoms. The number of nitrogens with zero attached hydrogens (tertiary/aromatic N) is 5. The first-order valence-electron chi connectivity index (χ1n) is 12.5. The standard InChI is InChI=1S/C26H32N6O3/c1-3-23(33)31-5-4-20(14-31)32-12-19(13-32)18-10-17(2)24-22(11-18)29-25-21(15-35-24)26(28-16-27-25)30-6-8-34-9-7-30/h3,10-11,16,19-20H,1,4-9,12-15H2,2H3,(H,27,28,29). The van der Waals surface area contributed by atoms with Crippen molar-refractivity contribution >= 4 is 23.2 Å². The van der Waals surface area contributed by atoms with Gasteiger partial charge in [0.05, 0.1) is 24.5 Å². The van der Waals surface area contributed by atoms with Crippen LogP contribution < -0.4 is 15.0 Å². The average molecular weight is 477 g/mol. The van der Waals surface area contributed by atoms with E-state index >= 15 is 0 Å². The van der Waals surface area contributed by atoms with E-state index in [0.717, 1.165) is 79.9 Å². The Labute approximate surface area is 205 Å². The zero-order chi connectivity index (χ0) is 23.9. The first kappa shape index (κ1) is 22.3. The van der Waals surface area contributed by atoms with Crippen LogP contribution in [0.15, 0.2) is 31.1 Å². The van der Waals surface area contributed by atoms with Gasteiger partial charge >= 0.3 is 0 Å². The third-order valence-electron chi connectivity index (χ3n) is 7.69. The van der Waals surface area contributed by atoms with Crippen molar-refractivity contribution in [2.45, 2.75) is 31.9 Å². The molecule has 1 aromatic heterocycles. The lowest BCUT2D eigenvalue weighted by atomic mass is 9.88.